The van der Waals surface area contributed by atoms with Crippen LogP contribution in [-0.2, 0) is 11.2 Å². The molecule has 1 heterocycles. The summed E-state index contributed by atoms with van der Waals surface area (Å²) in [5.41, 5.74) is 0.914. The number of carbonyl (C=O) groups excluding carboxylic acids is 1. The predicted octanol–water partition coefficient (Wildman–Crippen LogP) is 3.70. The molecule has 0 spiro atoms. The second-order valence-corrected chi connectivity index (χ2v) is 9.37. The van der Waals surface area contributed by atoms with Crippen molar-refractivity contribution in [2.75, 3.05) is 5.32 Å². The number of carbonyl (C=O) groups is 1. The number of halogens is 1. The van der Waals surface area contributed by atoms with Crippen molar-refractivity contribution in [3.05, 3.63) is 64.9 Å². The minimum absolute atomic E-state index is 0.0823. The Bertz CT molecular complexity index is 1110. The van der Waals surface area contributed by atoms with Crippen LogP contribution in [0, 0.1) is 5.13 Å². The molecule has 1 amide bonds. The van der Waals surface area contributed by atoms with Gasteiger partial charge in [-0.15, -0.1) is 0 Å². The van der Waals surface area contributed by atoms with Crippen LogP contribution in [0.4, 0.5) is 9.52 Å². The van der Waals surface area contributed by atoms with E-state index >= 15 is 0 Å². The summed E-state index contributed by atoms with van der Waals surface area (Å²) in [6.45, 7) is 3.79. The number of thiazole rings is 1. The zero-order valence-corrected chi connectivity index (χ0v) is 18.3. The number of hydrogen-bond donors (Lipinski definition) is 3. The second-order valence-electron chi connectivity index (χ2n) is 6.78. The number of amides is 1. The summed E-state index contributed by atoms with van der Waals surface area (Å²) in [5.74, 6) is 0.270. The fraction of sp³-hybridized carbons (Fsp3) is 0.200. The average Bonchev–Trinajstić information content (AvgIpc) is 3.10. The summed E-state index contributed by atoms with van der Waals surface area (Å²) >= 11 is 0.712. The van der Waals surface area contributed by atoms with Crippen LogP contribution in [0.5, 0.6) is 11.5 Å². The lowest BCUT2D eigenvalue weighted by atomic mass is 10.2. The smallest absolute Gasteiger partial charge is 0.356 e. The molecule has 0 fully saturated rings. The number of ether oxygens (including phenoxy) is 2. The summed E-state index contributed by atoms with van der Waals surface area (Å²) in [7, 11) is -4.31. The summed E-state index contributed by atoms with van der Waals surface area (Å²) in [6.07, 6.45) is 0.879. The van der Waals surface area contributed by atoms with Crippen molar-refractivity contribution in [2.45, 2.75) is 26.6 Å². The molecule has 11 heteroatoms. The largest absolute Gasteiger partial charge is 0.491 e. The van der Waals surface area contributed by atoms with E-state index < -0.39 is 18.6 Å². The van der Waals surface area contributed by atoms with Crippen molar-refractivity contribution >= 4 is 35.3 Å². The molecule has 31 heavy (non-hydrogen) atoms. The average molecular weight is 466 g/mol. The fourth-order valence-electron chi connectivity index (χ4n) is 2.56. The molecule has 0 unspecified atom stereocenters. The van der Waals surface area contributed by atoms with Crippen LogP contribution < -0.4 is 20.1 Å². The van der Waals surface area contributed by atoms with Crippen LogP contribution in [0.1, 0.15) is 29.8 Å². The normalized spacial score (nSPS) is 11.4. The van der Waals surface area contributed by atoms with Crippen LogP contribution in [0.25, 0.3) is 0 Å². The van der Waals surface area contributed by atoms with Gasteiger partial charge >= 0.3 is 7.60 Å². The molecule has 0 atom stereocenters. The molecule has 0 aliphatic carbocycles. The summed E-state index contributed by atoms with van der Waals surface area (Å²) in [4.78, 5) is 34.7. The van der Waals surface area contributed by atoms with Gasteiger partial charge in [0.2, 0.25) is 0 Å². The van der Waals surface area contributed by atoms with Crippen molar-refractivity contribution in [3.63, 3.8) is 0 Å². The fourth-order valence-corrected chi connectivity index (χ4v) is 3.64. The number of aromatic nitrogens is 1. The van der Waals surface area contributed by atoms with Gasteiger partial charge in [0.1, 0.15) is 18.1 Å². The van der Waals surface area contributed by atoms with E-state index in [1.54, 1.807) is 24.3 Å². The van der Waals surface area contributed by atoms with Gasteiger partial charge in [0, 0.05) is 11.6 Å². The van der Waals surface area contributed by atoms with Crippen LogP contribution in [0.3, 0.4) is 0 Å². The van der Waals surface area contributed by atoms with Crippen molar-refractivity contribution in [1.82, 2.24) is 4.98 Å². The summed E-state index contributed by atoms with van der Waals surface area (Å²) in [6, 6.07) is 10.5. The third kappa shape index (κ3) is 6.60. The van der Waals surface area contributed by atoms with Gasteiger partial charge in [-0.1, -0.05) is 23.5 Å². The third-order valence-electron chi connectivity index (χ3n) is 3.89. The quantitative estimate of drug-likeness (QED) is 0.433. The van der Waals surface area contributed by atoms with Gasteiger partial charge < -0.3 is 19.3 Å². The van der Waals surface area contributed by atoms with Crippen LogP contribution >= 0.6 is 18.9 Å². The van der Waals surface area contributed by atoms with Crippen molar-refractivity contribution in [2.24, 2.45) is 0 Å². The molecule has 3 N–H and O–H groups in total. The number of anilines is 1. The molecule has 1 aromatic heterocycles. The molecular formula is C20H20FN2O6PS. The first-order valence-electron chi connectivity index (χ1n) is 9.12. The Labute approximate surface area is 181 Å². The Kier molecular flexibility index (Phi) is 7.07. The van der Waals surface area contributed by atoms with Gasteiger partial charge in [-0.25, -0.2) is 4.98 Å². The molecule has 3 aromatic rings. The van der Waals surface area contributed by atoms with Gasteiger partial charge in [0.05, 0.1) is 17.6 Å². The number of nitrogens with one attached hydrogen (secondary N) is 1. The molecular weight excluding hydrogens is 446 g/mol. The molecule has 8 nitrogen and oxygen atoms in total. The highest BCUT2D eigenvalue weighted by Crippen LogP contribution is 2.33. The Morgan fingerprint density at radius 3 is 2.45 bits per heavy atom. The second kappa shape index (κ2) is 9.57. The maximum absolute atomic E-state index is 13.1. The van der Waals surface area contributed by atoms with Gasteiger partial charge in [-0.3, -0.25) is 14.7 Å². The Morgan fingerprint density at radius 1 is 1.19 bits per heavy atom. The molecule has 3 rings (SSSR count). The highest BCUT2D eigenvalue weighted by Gasteiger charge is 2.17. The first kappa shape index (κ1) is 22.9. The number of rotatable bonds is 8. The first-order valence-corrected chi connectivity index (χ1v) is 11.6. The monoisotopic (exact) mass is 466 g/mol. The zero-order chi connectivity index (χ0) is 22.6. The lowest BCUT2D eigenvalue weighted by Crippen LogP contribution is -2.13. The van der Waals surface area contributed by atoms with E-state index in [-0.39, 0.29) is 28.7 Å². The van der Waals surface area contributed by atoms with Gasteiger partial charge in [0.15, 0.2) is 10.3 Å². The highest BCUT2D eigenvalue weighted by molar-refractivity contribution is 7.60. The van der Waals surface area contributed by atoms with E-state index in [9.17, 15) is 23.5 Å². The van der Waals surface area contributed by atoms with Crippen LogP contribution in [-0.4, -0.2) is 26.8 Å². The van der Waals surface area contributed by atoms with Crippen molar-refractivity contribution in [3.8, 4) is 11.5 Å². The Morgan fingerprint density at radius 2 is 1.87 bits per heavy atom. The van der Waals surface area contributed by atoms with E-state index in [2.05, 4.69) is 10.3 Å². The maximum Gasteiger partial charge on any atom is 0.356 e. The van der Waals surface area contributed by atoms with Gasteiger partial charge in [-0.05, 0) is 43.7 Å². The molecule has 0 aliphatic rings. The van der Waals surface area contributed by atoms with E-state index in [1.807, 2.05) is 13.8 Å². The minimum atomic E-state index is -4.31. The van der Waals surface area contributed by atoms with E-state index in [0.29, 0.717) is 28.4 Å². The standard InChI is InChI=1S/C20H20FN2O6PS/c1-12(2)29-16-8-14(19(24)23-20-22-10-18(21)31-20)7-15(9-16)28-11-13-3-5-17(6-4-13)30(25,26)27/h3-10,12H,11H2,1-2H3,(H,22,23,24)(H2,25,26,27). The van der Waals surface area contributed by atoms with E-state index in [4.69, 9.17) is 9.47 Å². The van der Waals surface area contributed by atoms with Crippen LogP contribution in [0.15, 0.2) is 48.7 Å². The minimum Gasteiger partial charge on any atom is -0.491 e. The molecule has 164 valence electrons. The number of nitrogens with zero attached hydrogens (tertiary/aromatic N) is 1. The highest BCUT2D eigenvalue weighted by atomic mass is 32.1. The third-order valence-corrected chi connectivity index (χ3v) is 5.56. The van der Waals surface area contributed by atoms with Gasteiger partial charge in [-0.2, -0.15) is 4.39 Å². The Hall–Kier alpha value is -2.78. The SMILES string of the molecule is CC(C)Oc1cc(OCc2ccc(P(=O)(O)O)cc2)cc(C(=O)Nc2ncc(F)s2)c1. The number of benzene rings is 2. The lowest BCUT2D eigenvalue weighted by molar-refractivity contribution is 0.102. The van der Waals surface area contributed by atoms with E-state index in [0.717, 1.165) is 6.20 Å². The first-order chi connectivity index (χ1) is 14.6. The lowest BCUT2D eigenvalue weighted by Gasteiger charge is -2.14. The zero-order valence-electron chi connectivity index (χ0n) is 16.6. The van der Waals surface area contributed by atoms with Crippen LogP contribution in [0.2, 0.25) is 0 Å². The summed E-state index contributed by atoms with van der Waals surface area (Å²) in [5, 5.41) is 2.06. The maximum atomic E-state index is 13.1. The number of hydrogen-bond acceptors (Lipinski definition) is 6. The molecule has 2 aromatic carbocycles. The van der Waals surface area contributed by atoms with Crippen molar-refractivity contribution < 1.29 is 33.0 Å². The molecule has 0 aliphatic heterocycles. The molecule has 0 radical (unpaired) electrons. The predicted molar refractivity (Wildman–Crippen MR) is 115 cm³/mol. The molecule has 0 saturated carbocycles. The van der Waals surface area contributed by atoms with Crippen molar-refractivity contribution in [1.29, 1.82) is 0 Å². The van der Waals surface area contributed by atoms with Gasteiger partial charge in [0.25, 0.3) is 5.91 Å². The molecule has 0 bridgehead atoms. The Balaban J connectivity index is 1.77. The summed E-state index contributed by atoms with van der Waals surface area (Å²) < 4.78 is 35.8. The van der Waals surface area contributed by atoms with E-state index in [1.165, 1.54) is 18.2 Å². The molecule has 0 saturated heterocycles. The topological polar surface area (TPSA) is 118 Å².